The number of ketones is 4. The largest absolute Gasteiger partial charge is 0.374 e. The van der Waals surface area contributed by atoms with Crippen molar-refractivity contribution in [1.29, 1.82) is 0 Å². The highest BCUT2D eigenvalue weighted by Crippen LogP contribution is 2.39. The summed E-state index contributed by atoms with van der Waals surface area (Å²) in [6, 6.07) is 0. The van der Waals surface area contributed by atoms with E-state index in [2.05, 4.69) is 0 Å². The number of aliphatic hydroxyl groups is 1. The topological polar surface area (TPSA) is 88.5 Å². The summed E-state index contributed by atoms with van der Waals surface area (Å²) >= 11 is 0. The van der Waals surface area contributed by atoms with Gasteiger partial charge in [-0.05, 0) is 34.1 Å². The summed E-state index contributed by atoms with van der Waals surface area (Å²) in [7, 11) is 0. The lowest BCUT2D eigenvalue weighted by Gasteiger charge is -2.25. The second kappa shape index (κ2) is 8.00. The molecule has 5 heteroatoms. The van der Waals surface area contributed by atoms with Gasteiger partial charge in [-0.2, -0.15) is 0 Å². The molecule has 1 aliphatic carbocycles. The van der Waals surface area contributed by atoms with Gasteiger partial charge in [0.25, 0.3) is 0 Å². The first-order valence-electron chi connectivity index (χ1n) is 8.58. The molecular formula is C20H28O5. The Hall–Kier alpha value is -1.88. The Kier molecular flexibility index (Phi) is 6.77. The Morgan fingerprint density at radius 3 is 2.04 bits per heavy atom. The normalized spacial score (nSPS) is 25.9. The molecule has 1 N–H and O–H groups in total. The zero-order valence-corrected chi connectivity index (χ0v) is 15.9. The quantitative estimate of drug-likeness (QED) is 0.564. The Balaban J connectivity index is 3.37. The Labute approximate surface area is 149 Å². The van der Waals surface area contributed by atoms with Crippen LogP contribution in [0.25, 0.3) is 0 Å². The molecule has 0 saturated heterocycles. The molecule has 0 bridgehead atoms. The summed E-state index contributed by atoms with van der Waals surface area (Å²) in [6.45, 7) is 10.4. The van der Waals surface area contributed by atoms with Crippen LogP contribution in [0.3, 0.4) is 0 Å². The van der Waals surface area contributed by atoms with Gasteiger partial charge in [0.2, 0.25) is 0 Å². The van der Waals surface area contributed by atoms with Gasteiger partial charge >= 0.3 is 0 Å². The third-order valence-electron chi connectivity index (χ3n) is 4.51. The molecule has 0 amide bonds. The van der Waals surface area contributed by atoms with Crippen LogP contribution in [-0.4, -0.2) is 33.8 Å². The predicted octanol–water partition coefficient (Wildman–Crippen LogP) is 2.61. The number of hydrogen-bond acceptors (Lipinski definition) is 5. The maximum absolute atomic E-state index is 12.8. The van der Waals surface area contributed by atoms with Gasteiger partial charge in [0.1, 0.15) is 5.92 Å². The van der Waals surface area contributed by atoms with Gasteiger partial charge in [-0.3, -0.25) is 19.2 Å². The third kappa shape index (κ3) is 4.21. The molecule has 1 saturated carbocycles. The zero-order chi connectivity index (χ0) is 19.5. The van der Waals surface area contributed by atoms with E-state index in [0.29, 0.717) is 0 Å². The van der Waals surface area contributed by atoms with Gasteiger partial charge in [0, 0.05) is 12.3 Å². The average Bonchev–Trinajstić information content (AvgIpc) is 2.69. The van der Waals surface area contributed by atoms with Gasteiger partial charge in [0.05, 0.1) is 5.92 Å². The summed E-state index contributed by atoms with van der Waals surface area (Å²) < 4.78 is 0. The number of allylic oxidation sites excluding steroid dienone is 4. The summed E-state index contributed by atoms with van der Waals surface area (Å²) in [4.78, 5) is 50.5. The van der Waals surface area contributed by atoms with Crippen molar-refractivity contribution in [3.63, 3.8) is 0 Å². The van der Waals surface area contributed by atoms with E-state index in [9.17, 15) is 24.3 Å². The minimum atomic E-state index is -2.43. The van der Waals surface area contributed by atoms with Crippen molar-refractivity contribution in [2.24, 2.45) is 17.8 Å². The first-order chi connectivity index (χ1) is 11.4. The van der Waals surface area contributed by atoms with Crippen molar-refractivity contribution in [1.82, 2.24) is 0 Å². The second-order valence-corrected chi connectivity index (χ2v) is 7.50. The van der Waals surface area contributed by atoms with Gasteiger partial charge in [-0.25, -0.2) is 0 Å². The van der Waals surface area contributed by atoms with Crippen molar-refractivity contribution >= 4 is 23.1 Å². The van der Waals surface area contributed by atoms with Crippen molar-refractivity contribution in [3.8, 4) is 0 Å². The van der Waals surface area contributed by atoms with Crippen LogP contribution in [0, 0.1) is 17.8 Å². The van der Waals surface area contributed by atoms with Gasteiger partial charge in [0.15, 0.2) is 28.7 Å². The fourth-order valence-corrected chi connectivity index (χ4v) is 2.96. The molecule has 0 spiro atoms. The molecule has 1 rings (SSSR count). The molecule has 0 heterocycles. The lowest BCUT2D eigenvalue weighted by molar-refractivity contribution is -0.153. The Morgan fingerprint density at radius 2 is 1.60 bits per heavy atom. The summed E-state index contributed by atoms with van der Waals surface area (Å²) in [6.07, 6.45) is 3.22. The van der Waals surface area contributed by atoms with Crippen LogP contribution in [0.5, 0.6) is 0 Å². The molecular weight excluding hydrogens is 320 g/mol. The molecule has 138 valence electrons. The molecule has 25 heavy (non-hydrogen) atoms. The van der Waals surface area contributed by atoms with E-state index in [-0.39, 0.29) is 12.8 Å². The van der Waals surface area contributed by atoms with Crippen molar-refractivity contribution in [2.45, 2.75) is 60.0 Å². The fourth-order valence-electron chi connectivity index (χ4n) is 2.96. The monoisotopic (exact) mass is 348 g/mol. The zero-order valence-electron chi connectivity index (χ0n) is 15.9. The van der Waals surface area contributed by atoms with E-state index in [1.54, 1.807) is 39.8 Å². The van der Waals surface area contributed by atoms with Crippen molar-refractivity contribution in [2.75, 3.05) is 0 Å². The lowest BCUT2D eigenvalue weighted by atomic mass is 9.81. The van der Waals surface area contributed by atoms with Crippen LogP contribution >= 0.6 is 0 Å². The van der Waals surface area contributed by atoms with E-state index in [0.717, 1.165) is 11.1 Å². The van der Waals surface area contributed by atoms with Crippen LogP contribution in [-0.2, 0) is 19.2 Å². The molecule has 0 aliphatic heterocycles. The van der Waals surface area contributed by atoms with Crippen LogP contribution in [0.2, 0.25) is 0 Å². The number of hydrogen-bond donors (Lipinski definition) is 1. The smallest absolute Gasteiger partial charge is 0.192 e. The van der Waals surface area contributed by atoms with E-state index < -0.39 is 46.5 Å². The van der Waals surface area contributed by atoms with E-state index in [4.69, 9.17) is 0 Å². The number of rotatable bonds is 7. The number of Topliss-reactive ketones (excluding diaryl/α,β-unsaturated/α-hetero) is 4. The van der Waals surface area contributed by atoms with E-state index in [1.807, 2.05) is 13.8 Å². The standard InChI is InChI=1S/C20H28O5/c1-11(2)7-9-14-18(23)16(17(22)13(5)6)19(24)20(14,25)15(21)10-8-12(3)4/h7-8,13-14,16,25H,9-10H2,1-6H3/t14-,16?,20+/m0/s1. The average molecular weight is 348 g/mol. The minimum absolute atomic E-state index is 0.0614. The van der Waals surface area contributed by atoms with Gasteiger partial charge in [-0.1, -0.05) is 37.1 Å². The predicted molar refractivity (Wildman–Crippen MR) is 94.9 cm³/mol. The minimum Gasteiger partial charge on any atom is -0.374 e. The number of carbonyl (C=O) groups is 4. The first kappa shape index (κ1) is 21.2. The summed E-state index contributed by atoms with van der Waals surface area (Å²) in [5.74, 6) is -6.15. The highest BCUT2D eigenvalue weighted by molar-refractivity contribution is 6.33. The van der Waals surface area contributed by atoms with Crippen molar-refractivity contribution in [3.05, 3.63) is 23.3 Å². The summed E-state index contributed by atoms with van der Waals surface area (Å²) in [5, 5.41) is 11.0. The van der Waals surface area contributed by atoms with Crippen LogP contribution < -0.4 is 0 Å². The van der Waals surface area contributed by atoms with Crippen molar-refractivity contribution < 1.29 is 24.3 Å². The molecule has 0 radical (unpaired) electrons. The maximum atomic E-state index is 12.8. The highest BCUT2D eigenvalue weighted by atomic mass is 16.3. The van der Waals surface area contributed by atoms with Crippen LogP contribution in [0.4, 0.5) is 0 Å². The summed E-state index contributed by atoms with van der Waals surface area (Å²) in [5.41, 5.74) is -0.660. The molecule has 0 aromatic rings. The molecule has 1 aliphatic rings. The molecule has 0 aromatic carbocycles. The van der Waals surface area contributed by atoms with Crippen LogP contribution in [0.15, 0.2) is 23.3 Å². The van der Waals surface area contributed by atoms with Crippen LogP contribution in [0.1, 0.15) is 54.4 Å². The van der Waals surface area contributed by atoms with Gasteiger partial charge in [-0.15, -0.1) is 0 Å². The van der Waals surface area contributed by atoms with E-state index >= 15 is 0 Å². The fraction of sp³-hybridized carbons (Fsp3) is 0.600. The molecule has 0 aromatic heterocycles. The lowest BCUT2D eigenvalue weighted by Crippen LogP contribution is -2.49. The number of carbonyl (C=O) groups excluding carboxylic acids is 4. The molecule has 3 atom stereocenters. The SMILES string of the molecule is CC(C)=CCC(=O)[C@@]1(O)C(=O)C(C(=O)C(C)C)C(=O)[C@@H]1CC=C(C)C. The third-order valence-corrected chi connectivity index (χ3v) is 4.51. The second-order valence-electron chi connectivity index (χ2n) is 7.50. The first-order valence-corrected chi connectivity index (χ1v) is 8.58. The molecule has 5 nitrogen and oxygen atoms in total. The van der Waals surface area contributed by atoms with E-state index in [1.165, 1.54) is 0 Å². The Bertz CT molecular complexity index is 645. The highest BCUT2D eigenvalue weighted by Gasteiger charge is 2.64. The Morgan fingerprint density at radius 1 is 1.08 bits per heavy atom. The van der Waals surface area contributed by atoms with Gasteiger partial charge < -0.3 is 5.11 Å². The molecule has 1 unspecified atom stereocenters. The maximum Gasteiger partial charge on any atom is 0.192 e. The molecule has 1 fully saturated rings.